The van der Waals surface area contributed by atoms with Crippen LogP contribution in [0.5, 0.6) is 0 Å². The van der Waals surface area contributed by atoms with Crippen LogP contribution in [0.4, 0.5) is 0 Å². The standard InChI is InChI=1S/C12H12BrClN2S/c13-10-5-6-17-12(10)7-11(16-15)8-1-3-9(14)4-2-8/h1-6,11,16H,7,15H2. The van der Waals surface area contributed by atoms with E-state index >= 15 is 0 Å². The summed E-state index contributed by atoms with van der Waals surface area (Å²) in [5.41, 5.74) is 3.98. The molecule has 90 valence electrons. The molecule has 0 amide bonds. The van der Waals surface area contributed by atoms with Gasteiger partial charge in [0.05, 0.1) is 6.04 Å². The predicted molar refractivity (Wildman–Crippen MR) is 77.2 cm³/mol. The lowest BCUT2D eigenvalue weighted by Gasteiger charge is -2.15. The van der Waals surface area contributed by atoms with Gasteiger partial charge in [0.1, 0.15) is 0 Å². The lowest BCUT2D eigenvalue weighted by atomic mass is 10.0. The van der Waals surface area contributed by atoms with Crippen molar-refractivity contribution in [3.63, 3.8) is 0 Å². The molecule has 1 heterocycles. The first kappa shape index (κ1) is 13.1. The average molecular weight is 332 g/mol. The molecule has 0 radical (unpaired) electrons. The molecule has 0 saturated carbocycles. The summed E-state index contributed by atoms with van der Waals surface area (Å²) >= 11 is 11.1. The molecule has 1 atom stereocenters. The summed E-state index contributed by atoms with van der Waals surface area (Å²) in [7, 11) is 0. The lowest BCUT2D eigenvalue weighted by molar-refractivity contribution is 0.555. The van der Waals surface area contributed by atoms with E-state index in [2.05, 4.69) is 32.8 Å². The maximum atomic E-state index is 5.87. The van der Waals surface area contributed by atoms with E-state index < -0.39 is 0 Å². The van der Waals surface area contributed by atoms with Crippen molar-refractivity contribution in [3.05, 3.63) is 55.6 Å². The highest BCUT2D eigenvalue weighted by molar-refractivity contribution is 9.10. The van der Waals surface area contributed by atoms with E-state index in [0.29, 0.717) is 0 Å². The van der Waals surface area contributed by atoms with Gasteiger partial charge in [0.25, 0.3) is 0 Å². The van der Waals surface area contributed by atoms with Crippen molar-refractivity contribution in [1.82, 2.24) is 5.43 Å². The largest absolute Gasteiger partial charge is 0.271 e. The van der Waals surface area contributed by atoms with Crippen molar-refractivity contribution in [3.8, 4) is 0 Å². The van der Waals surface area contributed by atoms with E-state index in [9.17, 15) is 0 Å². The molecule has 0 aliphatic carbocycles. The lowest BCUT2D eigenvalue weighted by Crippen LogP contribution is -2.29. The fraction of sp³-hybridized carbons (Fsp3) is 0.167. The minimum Gasteiger partial charge on any atom is -0.271 e. The smallest absolute Gasteiger partial charge is 0.0508 e. The van der Waals surface area contributed by atoms with Crippen LogP contribution in [0.25, 0.3) is 0 Å². The first-order valence-electron chi connectivity index (χ1n) is 5.14. The first-order chi connectivity index (χ1) is 8.20. The van der Waals surface area contributed by atoms with Gasteiger partial charge in [-0.1, -0.05) is 23.7 Å². The topological polar surface area (TPSA) is 38.0 Å². The Balaban J connectivity index is 2.17. The van der Waals surface area contributed by atoms with Crippen molar-refractivity contribution in [2.45, 2.75) is 12.5 Å². The summed E-state index contributed by atoms with van der Waals surface area (Å²) in [5.74, 6) is 5.62. The molecule has 17 heavy (non-hydrogen) atoms. The van der Waals surface area contributed by atoms with Crippen LogP contribution in [0.3, 0.4) is 0 Å². The zero-order chi connectivity index (χ0) is 12.3. The maximum Gasteiger partial charge on any atom is 0.0508 e. The second-order valence-electron chi connectivity index (χ2n) is 3.67. The monoisotopic (exact) mass is 330 g/mol. The highest BCUT2D eigenvalue weighted by Gasteiger charge is 2.13. The van der Waals surface area contributed by atoms with Crippen LogP contribution in [-0.4, -0.2) is 0 Å². The van der Waals surface area contributed by atoms with Crippen molar-refractivity contribution in [2.75, 3.05) is 0 Å². The molecule has 0 spiro atoms. The van der Waals surface area contributed by atoms with Crippen LogP contribution in [0.1, 0.15) is 16.5 Å². The molecule has 2 aromatic rings. The highest BCUT2D eigenvalue weighted by atomic mass is 79.9. The minimum atomic E-state index is 0.0993. The van der Waals surface area contributed by atoms with Gasteiger partial charge < -0.3 is 0 Å². The zero-order valence-corrected chi connectivity index (χ0v) is 12.1. The van der Waals surface area contributed by atoms with Crippen LogP contribution in [-0.2, 0) is 6.42 Å². The van der Waals surface area contributed by atoms with Crippen LogP contribution in [0.2, 0.25) is 5.02 Å². The molecule has 1 aromatic heterocycles. The molecule has 2 rings (SSSR count). The number of hydrazine groups is 1. The normalized spacial score (nSPS) is 12.6. The Morgan fingerprint density at radius 3 is 2.53 bits per heavy atom. The zero-order valence-electron chi connectivity index (χ0n) is 8.99. The van der Waals surface area contributed by atoms with Crippen molar-refractivity contribution >= 4 is 38.9 Å². The molecule has 0 fully saturated rings. The molecule has 0 aliphatic rings. The molecule has 0 bridgehead atoms. The number of hydrogen-bond acceptors (Lipinski definition) is 3. The third-order valence-corrected chi connectivity index (χ3v) is 4.75. The van der Waals surface area contributed by atoms with E-state index in [1.54, 1.807) is 11.3 Å². The minimum absolute atomic E-state index is 0.0993. The Bertz CT molecular complexity index is 484. The quantitative estimate of drug-likeness (QED) is 0.658. The van der Waals surface area contributed by atoms with Crippen molar-refractivity contribution in [1.29, 1.82) is 0 Å². The Hall–Kier alpha value is -0.390. The Labute approximate surface area is 118 Å². The van der Waals surface area contributed by atoms with Crippen LogP contribution in [0.15, 0.2) is 40.2 Å². The number of thiophene rings is 1. The summed E-state index contributed by atoms with van der Waals surface area (Å²) in [6, 6.07) is 9.90. The number of rotatable bonds is 4. The van der Waals surface area contributed by atoms with Gasteiger partial charge in [-0.2, -0.15) is 0 Å². The van der Waals surface area contributed by atoms with E-state index in [1.165, 1.54) is 4.88 Å². The van der Waals surface area contributed by atoms with Gasteiger partial charge in [-0.3, -0.25) is 11.3 Å². The van der Waals surface area contributed by atoms with E-state index in [4.69, 9.17) is 17.4 Å². The number of hydrogen-bond donors (Lipinski definition) is 2. The van der Waals surface area contributed by atoms with Gasteiger partial charge in [-0.15, -0.1) is 11.3 Å². The third kappa shape index (κ3) is 3.30. The predicted octanol–water partition coefficient (Wildman–Crippen LogP) is 3.91. The van der Waals surface area contributed by atoms with Crippen LogP contribution >= 0.6 is 38.9 Å². The van der Waals surface area contributed by atoms with E-state index in [-0.39, 0.29) is 6.04 Å². The number of benzene rings is 1. The van der Waals surface area contributed by atoms with Crippen LogP contribution < -0.4 is 11.3 Å². The first-order valence-corrected chi connectivity index (χ1v) is 7.19. The summed E-state index contributed by atoms with van der Waals surface area (Å²) in [5, 5.41) is 2.80. The number of nitrogens with one attached hydrogen (secondary N) is 1. The van der Waals surface area contributed by atoms with Gasteiger partial charge in [0, 0.05) is 20.8 Å². The number of nitrogens with two attached hydrogens (primary N) is 1. The van der Waals surface area contributed by atoms with E-state index in [0.717, 1.165) is 21.5 Å². The Morgan fingerprint density at radius 2 is 2.00 bits per heavy atom. The summed E-state index contributed by atoms with van der Waals surface area (Å²) in [4.78, 5) is 1.28. The molecule has 1 unspecified atom stereocenters. The Morgan fingerprint density at radius 1 is 1.29 bits per heavy atom. The molecular formula is C12H12BrClN2S. The van der Waals surface area contributed by atoms with Crippen LogP contribution in [0, 0.1) is 0 Å². The molecular weight excluding hydrogens is 320 g/mol. The summed E-state index contributed by atoms with van der Waals surface area (Å²) in [6.45, 7) is 0. The van der Waals surface area contributed by atoms with Gasteiger partial charge in [0.2, 0.25) is 0 Å². The second kappa shape index (κ2) is 5.98. The summed E-state index contributed by atoms with van der Waals surface area (Å²) in [6.07, 6.45) is 0.858. The van der Waals surface area contributed by atoms with Gasteiger partial charge in [-0.05, 0) is 45.1 Å². The van der Waals surface area contributed by atoms with Crippen molar-refractivity contribution in [2.24, 2.45) is 5.84 Å². The molecule has 1 aromatic carbocycles. The molecule has 0 saturated heterocycles. The fourth-order valence-electron chi connectivity index (χ4n) is 1.62. The molecule has 0 aliphatic heterocycles. The SMILES string of the molecule is NNC(Cc1sccc1Br)c1ccc(Cl)cc1. The van der Waals surface area contributed by atoms with Gasteiger partial charge in [0.15, 0.2) is 0 Å². The number of halogens is 2. The molecule has 3 N–H and O–H groups in total. The van der Waals surface area contributed by atoms with Gasteiger partial charge >= 0.3 is 0 Å². The highest BCUT2D eigenvalue weighted by Crippen LogP contribution is 2.28. The fourth-order valence-corrected chi connectivity index (χ4v) is 3.31. The Kier molecular flexibility index (Phi) is 4.59. The molecule has 5 heteroatoms. The maximum absolute atomic E-state index is 5.87. The van der Waals surface area contributed by atoms with Crippen molar-refractivity contribution < 1.29 is 0 Å². The average Bonchev–Trinajstić information content (AvgIpc) is 2.73. The second-order valence-corrected chi connectivity index (χ2v) is 5.96. The molecule has 2 nitrogen and oxygen atoms in total. The summed E-state index contributed by atoms with van der Waals surface area (Å²) < 4.78 is 1.14. The third-order valence-electron chi connectivity index (χ3n) is 2.55. The van der Waals surface area contributed by atoms with Gasteiger partial charge in [-0.25, -0.2) is 0 Å². The van der Waals surface area contributed by atoms with E-state index in [1.807, 2.05) is 24.3 Å².